The molecule has 0 unspecified atom stereocenters. The van der Waals surface area contributed by atoms with E-state index >= 15 is 0 Å². The summed E-state index contributed by atoms with van der Waals surface area (Å²) in [5.74, 6) is 0.485. The van der Waals surface area contributed by atoms with Crippen LogP contribution in [0, 0.1) is 0 Å². The molecule has 4 nitrogen and oxygen atoms in total. The van der Waals surface area contributed by atoms with Gasteiger partial charge in [0.05, 0.1) is 6.61 Å². The molecule has 0 aromatic heterocycles. The first-order chi connectivity index (χ1) is 5.72. The molecule has 0 aliphatic heterocycles. The maximum absolute atomic E-state index is 10.1. The zero-order chi connectivity index (χ0) is 9.82. The van der Waals surface area contributed by atoms with Crippen LogP contribution in [0.25, 0.3) is 5.53 Å². The van der Waals surface area contributed by atoms with Crippen LogP contribution in [0.2, 0.25) is 0 Å². The normalized spacial score (nSPS) is 7.25. The Hall–Kier alpha value is -0.570. The molecule has 0 spiro atoms. The highest BCUT2D eigenvalue weighted by molar-refractivity contribution is 6.25. The summed E-state index contributed by atoms with van der Waals surface area (Å²) in [5.41, 5.74) is 7.73. The Morgan fingerprint density at radius 3 is 2.33 bits per heavy atom. The van der Waals surface area contributed by atoms with E-state index in [0.29, 0.717) is 24.6 Å². The van der Waals surface area contributed by atoms with Gasteiger partial charge in [-0.3, -0.25) is 0 Å². The van der Waals surface area contributed by atoms with Crippen LogP contribution < -0.4 is 0 Å². The van der Waals surface area contributed by atoms with Crippen molar-refractivity contribution in [3.63, 3.8) is 0 Å². The van der Waals surface area contributed by atoms with Gasteiger partial charge >= 0.3 is 12.2 Å². The second-order valence-corrected chi connectivity index (χ2v) is 2.13. The van der Waals surface area contributed by atoms with Crippen molar-refractivity contribution in [3.8, 4) is 0 Å². The van der Waals surface area contributed by atoms with Gasteiger partial charge in [0, 0.05) is 11.8 Å². The van der Waals surface area contributed by atoms with E-state index in [-0.39, 0.29) is 0 Å². The highest BCUT2D eigenvalue weighted by Crippen LogP contribution is 1.75. The fourth-order valence-corrected chi connectivity index (χ4v) is 0.227. The predicted molar refractivity (Wildman–Crippen MR) is 47.8 cm³/mol. The van der Waals surface area contributed by atoms with Gasteiger partial charge in [-0.1, -0.05) is 0 Å². The Bertz CT molecular complexity index is 156. The molecular weight excluding hydrogens is 203 g/mol. The van der Waals surface area contributed by atoms with Crippen LogP contribution in [0.15, 0.2) is 0 Å². The van der Waals surface area contributed by atoms with Crippen LogP contribution in [0.3, 0.4) is 0 Å². The molecule has 0 aromatic carbocycles. The summed E-state index contributed by atoms with van der Waals surface area (Å²) in [7, 11) is 0. The van der Waals surface area contributed by atoms with Crippen molar-refractivity contribution in [1.82, 2.24) is 0 Å². The number of nitrogens with zero attached hydrogens (tertiary/aromatic N) is 2. The van der Waals surface area contributed by atoms with Gasteiger partial charge in [0.1, 0.15) is 0 Å². The lowest BCUT2D eigenvalue weighted by atomic mass is 10.7. The third kappa shape index (κ3) is 16.2. The molecule has 0 aromatic rings. The number of hydrogen-bond acceptors (Lipinski definition) is 2. The Kier molecular flexibility index (Phi) is 15.2. The van der Waals surface area contributed by atoms with E-state index in [0.717, 1.165) is 0 Å². The average molecular weight is 213 g/mol. The van der Waals surface area contributed by atoms with E-state index in [1.54, 1.807) is 6.92 Å². The molecule has 0 bridgehead atoms. The molecule has 0 amide bonds. The molecule has 0 aliphatic carbocycles. The fourth-order valence-electron chi connectivity index (χ4n) is 0.227. The van der Waals surface area contributed by atoms with E-state index in [1.165, 1.54) is 0 Å². The second-order valence-electron chi connectivity index (χ2n) is 1.37. The van der Waals surface area contributed by atoms with Gasteiger partial charge in [-0.25, -0.2) is 4.79 Å². The minimum absolute atomic E-state index is 0.296. The summed E-state index contributed by atoms with van der Waals surface area (Å²) < 4.78 is 4.33. The van der Waals surface area contributed by atoms with Gasteiger partial charge in [-0.2, -0.15) is 4.79 Å². The summed E-state index contributed by atoms with van der Waals surface area (Å²) in [5, 5.41) is 0. The molecule has 0 saturated carbocycles. The molecule has 0 rings (SSSR count). The summed E-state index contributed by atoms with van der Waals surface area (Å²) >= 11 is 10.1. The number of carbonyl (C=O) groups is 1. The van der Waals surface area contributed by atoms with Gasteiger partial charge in [0.2, 0.25) is 0 Å². The topological polar surface area (TPSA) is 62.7 Å². The maximum Gasteiger partial charge on any atom is 0.413 e. The number of rotatable bonds is 3. The number of alkyl halides is 2. The van der Waals surface area contributed by atoms with Crippen molar-refractivity contribution in [2.24, 2.45) is 0 Å². The monoisotopic (exact) mass is 212 g/mol. The first-order valence-electron chi connectivity index (χ1n) is 3.19. The largest absolute Gasteiger partial charge is 0.458 e. The number of hydrogen-bond donors (Lipinski definition) is 0. The van der Waals surface area contributed by atoms with Crippen molar-refractivity contribution in [3.05, 3.63) is 5.53 Å². The van der Waals surface area contributed by atoms with Gasteiger partial charge in [-0.15, -0.1) is 23.2 Å². The number of esters is 1. The smallest absolute Gasteiger partial charge is 0.413 e. The third-order valence-electron chi connectivity index (χ3n) is 0.521. The summed E-state index contributed by atoms with van der Waals surface area (Å²) in [6.07, 6.45) is 0.698. The van der Waals surface area contributed by atoms with Crippen molar-refractivity contribution >= 4 is 35.4 Å². The van der Waals surface area contributed by atoms with E-state index in [1.807, 2.05) is 0 Å². The lowest BCUT2D eigenvalue weighted by Crippen LogP contribution is -2.04. The zero-order valence-electron chi connectivity index (χ0n) is 6.67. The zero-order valence-corrected chi connectivity index (χ0v) is 8.18. The average Bonchev–Trinajstić information content (AvgIpc) is 2.06. The number of ether oxygens (including phenoxy) is 1. The molecule has 70 valence electrons. The predicted octanol–water partition coefficient (Wildman–Crippen LogP) is 1.31. The van der Waals surface area contributed by atoms with E-state index in [4.69, 9.17) is 28.7 Å². The van der Waals surface area contributed by atoms with Crippen LogP contribution in [-0.2, 0) is 9.53 Å². The van der Waals surface area contributed by atoms with Crippen molar-refractivity contribution in [2.45, 2.75) is 6.92 Å². The Morgan fingerprint density at radius 2 is 2.08 bits per heavy atom. The van der Waals surface area contributed by atoms with Crippen molar-refractivity contribution < 1.29 is 14.3 Å². The molecule has 0 saturated heterocycles. The summed E-state index contributed by atoms with van der Waals surface area (Å²) in [4.78, 5) is 12.6. The Balaban J connectivity index is 0. The van der Waals surface area contributed by atoms with Gasteiger partial charge in [0.25, 0.3) is 0 Å². The van der Waals surface area contributed by atoms with E-state index < -0.39 is 5.97 Å². The van der Waals surface area contributed by atoms with Crippen LogP contribution in [-0.4, -0.2) is 35.3 Å². The summed E-state index contributed by atoms with van der Waals surface area (Å²) in [6, 6.07) is 0. The molecule has 6 heteroatoms. The van der Waals surface area contributed by atoms with Gasteiger partial charge in [-0.05, 0) is 6.92 Å². The number of halogens is 2. The van der Waals surface area contributed by atoms with Crippen LogP contribution in [0.5, 0.6) is 0 Å². The van der Waals surface area contributed by atoms with Gasteiger partial charge < -0.3 is 10.3 Å². The minimum Gasteiger partial charge on any atom is -0.458 e. The lowest BCUT2D eigenvalue weighted by Gasteiger charge is -1.86. The first-order valence-corrected chi connectivity index (χ1v) is 4.25. The fraction of sp³-hybridized carbons (Fsp3) is 0.667. The lowest BCUT2D eigenvalue weighted by molar-refractivity contribution is -0.138. The maximum atomic E-state index is 10.1. The Morgan fingerprint density at radius 1 is 1.58 bits per heavy atom. The second kappa shape index (κ2) is 13.1. The molecule has 0 fully saturated rings. The first kappa shape index (κ1) is 14.0. The molecule has 0 atom stereocenters. The van der Waals surface area contributed by atoms with Crippen molar-refractivity contribution in [2.75, 3.05) is 18.4 Å². The quantitative estimate of drug-likeness (QED) is 0.233. The van der Waals surface area contributed by atoms with Crippen LogP contribution in [0.1, 0.15) is 6.92 Å². The third-order valence-corrected chi connectivity index (χ3v) is 1.09. The van der Waals surface area contributed by atoms with Crippen LogP contribution in [0.4, 0.5) is 0 Å². The molecular formula is C6H10Cl2N2O2. The van der Waals surface area contributed by atoms with Crippen molar-refractivity contribution in [1.29, 1.82) is 0 Å². The Labute approximate surface area is 81.0 Å². The highest BCUT2D eigenvalue weighted by Gasteiger charge is 1.97. The standard InChI is InChI=1S/C4H6N2O2.C2H4Cl2/c1-2-8-4(7)3-6-5;3-1-2-4/h3H,2H2,1H3;1-2H2. The molecule has 0 heterocycles. The highest BCUT2D eigenvalue weighted by atomic mass is 35.5. The minimum atomic E-state index is -0.630. The molecule has 0 radical (unpaired) electrons. The summed E-state index contributed by atoms with van der Waals surface area (Å²) in [6.45, 7) is 1.97. The van der Waals surface area contributed by atoms with Gasteiger partial charge in [0.15, 0.2) is 0 Å². The van der Waals surface area contributed by atoms with E-state index in [2.05, 4.69) is 9.53 Å². The van der Waals surface area contributed by atoms with Crippen LogP contribution >= 0.6 is 23.2 Å². The number of carbonyl (C=O) groups excluding carboxylic acids is 1. The molecule has 0 N–H and O–H groups in total. The SMILES string of the molecule is CCOC(=O)C=[N+]=[N-].ClCCCl. The molecule has 12 heavy (non-hydrogen) atoms. The van der Waals surface area contributed by atoms with E-state index in [9.17, 15) is 4.79 Å². The molecule has 0 aliphatic rings.